The predicted molar refractivity (Wildman–Crippen MR) is 106 cm³/mol. The van der Waals surface area contributed by atoms with Crippen molar-refractivity contribution in [3.05, 3.63) is 59.2 Å². The Labute approximate surface area is 171 Å². The van der Waals surface area contributed by atoms with Crippen LogP contribution in [0.5, 0.6) is 0 Å². The van der Waals surface area contributed by atoms with Crippen molar-refractivity contribution in [2.75, 3.05) is 5.32 Å². The maximum absolute atomic E-state index is 14.7. The lowest BCUT2D eigenvalue weighted by atomic mass is 9.97. The van der Waals surface area contributed by atoms with Crippen LogP contribution >= 0.6 is 0 Å². The van der Waals surface area contributed by atoms with Crippen molar-refractivity contribution >= 4 is 17.6 Å². The van der Waals surface area contributed by atoms with E-state index in [9.17, 15) is 14.0 Å². The van der Waals surface area contributed by atoms with Gasteiger partial charge in [0.15, 0.2) is 0 Å². The Balaban J connectivity index is 1.49. The molecule has 3 aromatic rings. The van der Waals surface area contributed by atoms with Gasteiger partial charge < -0.3 is 15.1 Å². The summed E-state index contributed by atoms with van der Waals surface area (Å²) in [6.45, 7) is 5.64. The molecule has 0 bridgehead atoms. The molecular formula is C21H20FN5O3. The first kappa shape index (κ1) is 19.7. The Hall–Kier alpha value is -3.62. The summed E-state index contributed by atoms with van der Waals surface area (Å²) in [6, 6.07) is 6.46. The fraction of sp³-hybridized carbons (Fsp3) is 0.286. The van der Waals surface area contributed by atoms with Crippen LogP contribution in [0.3, 0.4) is 0 Å². The molecule has 0 aliphatic carbocycles. The van der Waals surface area contributed by atoms with Gasteiger partial charge in [0.1, 0.15) is 11.6 Å². The van der Waals surface area contributed by atoms with E-state index in [2.05, 4.69) is 25.8 Å². The second kappa shape index (κ2) is 7.33. The van der Waals surface area contributed by atoms with Gasteiger partial charge in [0.25, 0.3) is 0 Å². The second-order valence-electron chi connectivity index (χ2n) is 8.06. The number of nitrogens with one attached hydrogen (secondary N) is 2. The van der Waals surface area contributed by atoms with Crippen LogP contribution in [-0.2, 0) is 23.2 Å². The molecule has 0 fully saturated rings. The summed E-state index contributed by atoms with van der Waals surface area (Å²) in [7, 11) is 0. The maximum atomic E-state index is 14.7. The molecular weight excluding hydrogens is 389 g/mol. The Bertz CT molecular complexity index is 1150. The van der Waals surface area contributed by atoms with Crippen LogP contribution in [0, 0.1) is 5.82 Å². The number of amides is 2. The van der Waals surface area contributed by atoms with Gasteiger partial charge in [0, 0.05) is 29.3 Å². The van der Waals surface area contributed by atoms with Gasteiger partial charge in [-0.15, -0.1) is 10.2 Å². The monoisotopic (exact) mass is 409 g/mol. The molecule has 1 aromatic carbocycles. The minimum atomic E-state index is -0.571. The maximum Gasteiger partial charge on any atom is 0.309 e. The van der Waals surface area contributed by atoms with Gasteiger partial charge in [-0.2, -0.15) is 0 Å². The van der Waals surface area contributed by atoms with E-state index in [0.29, 0.717) is 22.8 Å². The van der Waals surface area contributed by atoms with Gasteiger partial charge in [-0.25, -0.2) is 9.37 Å². The molecule has 1 aliphatic rings. The molecule has 30 heavy (non-hydrogen) atoms. The van der Waals surface area contributed by atoms with E-state index in [1.807, 2.05) is 20.8 Å². The van der Waals surface area contributed by atoms with Crippen LogP contribution in [0.1, 0.15) is 48.5 Å². The molecule has 3 heterocycles. The fourth-order valence-corrected chi connectivity index (χ4v) is 3.11. The van der Waals surface area contributed by atoms with E-state index in [1.165, 1.54) is 6.07 Å². The number of fused-ring (bicyclic) bond motifs is 1. The number of benzene rings is 1. The number of rotatable bonds is 4. The zero-order valence-corrected chi connectivity index (χ0v) is 16.7. The van der Waals surface area contributed by atoms with Gasteiger partial charge in [0.05, 0.1) is 6.42 Å². The predicted octanol–water partition coefficient (Wildman–Crippen LogP) is 2.99. The van der Waals surface area contributed by atoms with Crippen LogP contribution in [0.25, 0.3) is 11.1 Å². The lowest BCUT2D eigenvalue weighted by Gasteiger charge is -2.11. The molecule has 154 valence electrons. The number of pyridine rings is 1. The van der Waals surface area contributed by atoms with Crippen LogP contribution in [0.2, 0.25) is 0 Å². The highest BCUT2D eigenvalue weighted by molar-refractivity contribution is 6.00. The van der Waals surface area contributed by atoms with Crippen molar-refractivity contribution in [2.45, 2.75) is 39.2 Å². The normalized spacial score (nSPS) is 13.1. The highest BCUT2D eigenvalue weighted by Crippen LogP contribution is 2.32. The van der Waals surface area contributed by atoms with Crippen molar-refractivity contribution in [1.29, 1.82) is 0 Å². The molecule has 1 aliphatic heterocycles. The topological polar surface area (TPSA) is 110 Å². The highest BCUT2D eigenvalue weighted by Gasteiger charge is 2.25. The third-order valence-corrected chi connectivity index (χ3v) is 4.72. The number of hydrogen-bond acceptors (Lipinski definition) is 6. The zero-order chi connectivity index (χ0) is 21.5. The zero-order valence-electron chi connectivity index (χ0n) is 16.7. The van der Waals surface area contributed by atoms with Crippen molar-refractivity contribution in [3.8, 4) is 11.1 Å². The molecule has 8 nitrogen and oxygen atoms in total. The van der Waals surface area contributed by atoms with E-state index in [-0.39, 0.29) is 30.2 Å². The van der Waals surface area contributed by atoms with Gasteiger partial charge in [-0.1, -0.05) is 32.9 Å². The molecule has 2 aromatic heterocycles. The number of aromatic nitrogens is 3. The molecule has 4 rings (SSSR count). The molecule has 0 spiro atoms. The first-order chi connectivity index (χ1) is 14.2. The first-order valence-electron chi connectivity index (χ1n) is 9.41. The largest absolute Gasteiger partial charge is 0.416 e. The minimum Gasteiger partial charge on any atom is -0.416 e. The summed E-state index contributed by atoms with van der Waals surface area (Å²) in [5.74, 6) is -0.499. The Morgan fingerprint density at radius 3 is 2.77 bits per heavy atom. The number of halogens is 1. The number of carbonyl (C=O) groups excluding carboxylic acids is 2. The summed E-state index contributed by atoms with van der Waals surface area (Å²) in [6.07, 6.45) is 1.78. The van der Waals surface area contributed by atoms with E-state index in [0.717, 1.165) is 11.1 Å². The summed E-state index contributed by atoms with van der Waals surface area (Å²) in [4.78, 5) is 28.0. The quantitative estimate of drug-likeness (QED) is 0.686. The molecule has 9 heteroatoms. The standard InChI is InChI=1S/C21H20FN5O3/c1-21(2,3)20-27-26-19(30-20)18(29)24-10-12-5-4-11(8-15(12)22)13-6-7-23-17-14(13)9-16(28)25-17/h4-8H,9-10H2,1-3H3,(H,24,29)(H,23,25,28). The molecule has 0 unspecified atom stereocenters. The lowest BCUT2D eigenvalue weighted by Crippen LogP contribution is -2.23. The van der Waals surface area contributed by atoms with Crippen molar-refractivity contribution in [3.63, 3.8) is 0 Å². The average Bonchev–Trinajstić information content (AvgIpc) is 3.32. The van der Waals surface area contributed by atoms with Crippen LogP contribution < -0.4 is 10.6 Å². The Morgan fingerprint density at radius 2 is 2.07 bits per heavy atom. The van der Waals surface area contributed by atoms with Gasteiger partial charge in [-0.05, 0) is 23.3 Å². The fourth-order valence-electron chi connectivity index (χ4n) is 3.11. The minimum absolute atomic E-state index is 0.0350. The second-order valence-corrected chi connectivity index (χ2v) is 8.06. The SMILES string of the molecule is CC(C)(C)c1nnc(C(=O)NCc2ccc(-c3ccnc4c3CC(=O)N4)cc2F)o1. The van der Waals surface area contributed by atoms with Gasteiger partial charge in [-0.3, -0.25) is 9.59 Å². The van der Waals surface area contributed by atoms with Crippen LogP contribution in [-0.4, -0.2) is 27.0 Å². The molecule has 0 saturated carbocycles. The molecule has 0 atom stereocenters. The number of carbonyl (C=O) groups is 2. The summed E-state index contributed by atoms with van der Waals surface area (Å²) in [5.41, 5.74) is 2.05. The molecule has 0 saturated heterocycles. The number of anilines is 1. The van der Waals surface area contributed by atoms with Crippen LogP contribution in [0.15, 0.2) is 34.9 Å². The van der Waals surface area contributed by atoms with E-state index in [4.69, 9.17) is 4.42 Å². The summed E-state index contributed by atoms with van der Waals surface area (Å²) >= 11 is 0. The van der Waals surface area contributed by atoms with Crippen LogP contribution in [0.4, 0.5) is 10.2 Å². The Morgan fingerprint density at radius 1 is 1.27 bits per heavy atom. The highest BCUT2D eigenvalue weighted by atomic mass is 19.1. The molecule has 0 radical (unpaired) electrons. The van der Waals surface area contributed by atoms with E-state index < -0.39 is 11.7 Å². The van der Waals surface area contributed by atoms with Crippen molar-refractivity contribution in [2.24, 2.45) is 0 Å². The average molecular weight is 409 g/mol. The summed E-state index contributed by atoms with van der Waals surface area (Å²) < 4.78 is 20.1. The lowest BCUT2D eigenvalue weighted by molar-refractivity contribution is -0.115. The van der Waals surface area contributed by atoms with E-state index in [1.54, 1.807) is 24.4 Å². The third-order valence-electron chi connectivity index (χ3n) is 4.72. The number of hydrogen-bond donors (Lipinski definition) is 2. The smallest absolute Gasteiger partial charge is 0.309 e. The molecule has 2 amide bonds. The van der Waals surface area contributed by atoms with Gasteiger partial charge >= 0.3 is 11.8 Å². The summed E-state index contributed by atoms with van der Waals surface area (Å²) in [5, 5.41) is 12.9. The van der Waals surface area contributed by atoms with Crippen molar-refractivity contribution < 1.29 is 18.4 Å². The Kier molecular flexibility index (Phi) is 4.81. The van der Waals surface area contributed by atoms with E-state index >= 15 is 0 Å². The first-order valence-corrected chi connectivity index (χ1v) is 9.41. The van der Waals surface area contributed by atoms with Crippen molar-refractivity contribution in [1.82, 2.24) is 20.5 Å². The van der Waals surface area contributed by atoms with Gasteiger partial charge in [0.2, 0.25) is 11.8 Å². The number of nitrogens with zero attached hydrogens (tertiary/aromatic N) is 3. The molecule has 2 N–H and O–H groups in total. The third kappa shape index (κ3) is 3.78.